The van der Waals surface area contributed by atoms with Crippen LogP contribution >= 0.6 is 0 Å². The highest BCUT2D eigenvalue weighted by Gasteiger charge is 2.22. The van der Waals surface area contributed by atoms with E-state index < -0.39 is 0 Å². The fourth-order valence-corrected chi connectivity index (χ4v) is 3.80. The fourth-order valence-electron chi connectivity index (χ4n) is 3.80. The number of nitrogens with two attached hydrogens (primary N) is 1. The summed E-state index contributed by atoms with van der Waals surface area (Å²) in [6.07, 6.45) is 3.89. The zero-order chi connectivity index (χ0) is 20.6. The molecule has 3 rings (SSSR count). The molecule has 29 heavy (non-hydrogen) atoms. The van der Waals surface area contributed by atoms with Gasteiger partial charge in [0.1, 0.15) is 0 Å². The molecule has 1 aliphatic heterocycles. The Kier molecular flexibility index (Phi) is 7.42. The maximum Gasteiger partial charge on any atom is 0.224 e. The second kappa shape index (κ2) is 10.2. The van der Waals surface area contributed by atoms with Crippen LogP contribution < -0.4 is 11.1 Å². The van der Waals surface area contributed by atoms with Gasteiger partial charge in [-0.1, -0.05) is 43.3 Å². The first-order chi connectivity index (χ1) is 14.0. The molecular formula is C24H31N3O2. The molecule has 0 bridgehead atoms. The largest absolute Gasteiger partial charge is 0.369 e. The smallest absolute Gasteiger partial charge is 0.224 e. The Morgan fingerprint density at radius 2 is 1.72 bits per heavy atom. The molecule has 3 N–H and O–H groups in total. The first kappa shape index (κ1) is 21.1. The van der Waals surface area contributed by atoms with Gasteiger partial charge in [-0.25, -0.2) is 0 Å². The number of likely N-dealkylation sites (tertiary alicyclic amines) is 1. The molecule has 1 saturated heterocycles. The molecule has 0 spiro atoms. The lowest BCUT2D eigenvalue weighted by atomic mass is 9.96. The molecule has 0 unspecified atom stereocenters. The zero-order valence-electron chi connectivity index (χ0n) is 17.2. The summed E-state index contributed by atoms with van der Waals surface area (Å²) in [7, 11) is 0. The van der Waals surface area contributed by atoms with Crippen LogP contribution in [0.15, 0.2) is 48.5 Å². The molecule has 0 aliphatic carbocycles. The first-order valence-corrected chi connectivity index (χ1v) is 10.5. The number of nitrogens with zero attached hydrogens (tertiary/aromatic N) is 1. The number of rotatable bonds is 8. The van der Waals surface area contributed by atoms with Gasteiger partial charge in [-0.3, -0.25) is 14.5 Å². The second-order valence-electron chi connectivity index (χ2n) is 7.87. The van der Waals surface area contributed by atoms with Gasteiger partial charge in [0.2, 0.25) is 11.8 Å². The van der Waals surface area contributed by atoms with Gasteiger partial charge in [0.25, 0.3) is 0 Å². The van der Waals surface area contributed by atoms with E-state index in [9.17, 15) is 9.59 Å². The highest BCUT2D eigenvalue weighted by Crippen LogP contribution is 2.20. The molecule has 0 radical (unpaired) electrons. The fraction of sp³-hybridized carbons (Fsp3) is 0.417. The Morgan fingerprint density at radius 3 is 2.38 bits per heavy atom. The van der Waals surface area contributed by atoms with Crippen molar-refractivity contribution in [2.24, 2.45) is 11.7 Å². The lowest BCUT2D eigenvalue weighted by Gasteiger charge is -2.30. The van der Waals surface area contributed by atoms with E-state index in [1.807, 2.05) is 18.2 Å². The Balaban J connectivity index is 1.47. The lowest BCUT2D eigenvalue weighted by Crippen LogP contribution is -2.38. The summed E-state index contributed by atoms with van der Waals surface area (Å²) in [4.78, 5) is 26.0. The summed E-state index contributed by atoms with van der Waals surface area (Å²) in [5.74, 6) is -0.144. The van der Waals surface area contributed by atoms with Gasteiger partial charge in [0, 0.05) is 24.6 Å². The van der Waals surface area contributed by atoms with Gasteiger partial charge in [-0.15, -0.1) is 0 Å². The van der Waals surface area contributed by atoms with E-state index >= 15 is 0 Å². The van der Waals surface area contributed by atoms with Gasteiger partial charge in [0.15, 0.2) is 0 Å². The minimum Gasteiger partial charge on any atom is -0.369 e. The average molecular weight is 394 g/mol. The summed E-state index contributed by atoms with van der Waals surface area (Å²) in [5, 5.41) is 3.02. The van der Waals surface area contributed by atoms with Crippen molar-refractivity contribution < 1.29 is 9.59 Å². The van der Waals surface area contributed by atoms with Crippen molar-refractivity contribution in [1.82, 2.24) is 4.90 Å². The molecule has 5 nitrogen and oxygen atoms in total. The van der Waals surface area contributed by atoms with Crippen LogP contribution in [-0.4, -0.2) is 29.8 Å². The van der Waals surface area contributed by atoms with E-state index in [0.29, 0.717) is 6.42 Å². The van der Waals surface area contributed by atoms with Gasteiger partial charge >= 0.3 is 0 Å². The van der Waals surface area contributed by atoms with E-state index in [0.717, 1.165) is 56.6 Å². The normalized spacial score (nSPS) is 15.2. The van der Waals surface area contributed by atoms with E-state index in [2.05, 4.69) is 47.5 Å². The topological polar surface area (TPSA) is 75.4 Å². The van der Waals surface area contributed by atoms with Crippen molar-refractivity contribution in [2.75, 3.05) is 18.4 Å². The summed E-state index contributed by atoms with van der Waals surface area (Å²) in [6.45, 7) is 4.71. The summed E-state index contributed by atoms with van der Waals surface area (Å²) >= 11 is 0. The monoisotopic (exact) mass is 393 g/mol. The summed E-state index contributed by atoms with van der Waals surface area (Å²) in [5.41, 5.74) is 9.90. The second-order valence-corrected chi connectivity index (χ2v) is 7.87. The van der Waals surface area contributed by atoms with Crippen molar-refractivity contribution in [3.05, 3.63) is 65.2 Å². The van der Waals surface area contributed by atoms with E-state index in [4.69, 9.17) is 5.73 Å². The van der Waals surface area contributed by atoms with E-state index in [1.54, 1.807) is 0 Å². The van der Waals surface area contributed by atoms with Crippen LogP contribution in [0.3, 0.4) is 0 Å². The quantitative estimate of drug-likeness (QED) is 0.721. The van der Waals surface area contributed by atoms with E-state index in [-0.39, 0.29) is 17.7 Å². The van der Waals surface area contributed by atoms with Crippen LogP contribution in [0.1, 0.15) is 42.9 Å². The number of hydrogen-bond acceptors (Lipinski definition) is 3. The lowest BCUT2D eigenvalue weighted by molar-refractivity contribution is -0.123. The third kappa shape index (κ3) is 6.43. The van der Waals surface area contributed by atoms with Crippen LogP contribution in [0.2, 0.25) is 0 Å². The number of hydrogen-bond donors (Lipinski definition) is 2. The predicted molar refractivity (Wildman–Crippen MR) is 116 cm³/mol. The number of carbonyl (C=O) groups excluding carboxylic acids is 2. The number of piperidine rings is 1. The maximum absolute atomic E-state index is 12.3. The zero-order valence-corrected chi connectivity index (χ0v) is 17.2. The van der Waals surface area contributed by atoms with Crippen LogP contribution in [-0.2, 0) is 29.0 Å². The van der Waals surface area contributed by atoms with Crippen LogP contribution in [0.5, 0.6) is 0 Å². The molecule has 5 heteroatoms. The van der Waals surface area contributed by atoms with Crippen molar-refractivity contribution in [2.45, 2.75) is 45.6 Å². The van der Waals surface area contributed by atoms with Crippen molar-refractivity contribution >= 4 is 17.5 Å². The Morgan fingerprint density at radius 1 is 1.03 bits per heavy atom. The highest BCUT2D eigenvalue weighted by atomic mass is 16.2. The van der Waals surface area contributed by atoms with Crippen LogP contribution in [0.25, 0.3) is 0 Å². The van der Waals surface area contributed by atoms with Gasteiger partial charge in [0.05, 0.1) is 0 Å². The predicted octanol–water partition coefficient (Wildman–Crippen LogP) is 3.52. The molecule has 2 aromatic rings. The van der Waals surface area contributed by atoms with Gasteiger partial charge in [-0.05, 0) is 67.6 Å². The Hall–Kier alpha value is -2.66. The first-order valence-electron chi connectivity index (χ1n) is 10.5. The van der Waals surface area contributed by atoms with Gasteiger partial charge in [-0.2, -0.15) is 0 Å². The number of amides is 2. The Labute approximate surface area is 173 Å². The van der Waals surface area contributed by atoms with Crippen molar-refractivity contribution in [1.29, 1.82) is 0 Å². The number of benzene rings is 2. The van der Waals surface area contributed by atoms with Crippen LogP contribution in [0.4, 0.5) is 5.69 Å². The molecule has 154 valence electrons. The number of aryl methyl sites for hydroxylation is 2. The minimum atomic E-state index is -0.185. The molecular weight excluding hydrogens is 362 g/mol. The summed E-state index contributed by atoms with van der Waals surface area (Å²) < 4.78 is 0. The third-order valence-electron chi connectivity index (χ3n) is 5.68. The van der Waals surface area contributed by atoms with E-state index in [1.165, 1.54) is 11.1 Å². The minimum absolute atomic E-state index is 0.00930. The Bertz CT molecular complexity index is 824. The molecule has 0 aromatic heterocycles. The SMILES string of the molecule is CCc1ccc(CCC(=O)Nc2cccc(CN3CCC(C(N)=O)CC3)c2)cc1. The van der Waals surface area contributed by atoms with Crippen molar-refractivity contribution in [3.8, 4) is 0 Å². The number of anilines is 1. The molecule has 0 saturated carbocycles. The third-order valence-corrected chi connectivity index (χ3v) is 5.68. The molecule has 2 amide bonds. The maximum atomic E-state index is 12.3. The number of carbonyl (C=O) groups is 2. The van der Waals surface area contributed by atoms with Crippen LogP contribution in [0, 0.1) is 5.92 Å². The molecule has 1 fully saturated rings. The average Bonchev–Trinajstić information content (AvgIpc) is 2.73. The number of nitrogens with one attached hydrogen (secondary N) is 1. The van der Waals surface area contributed by atoms with Crippen molar-refractivity contribution in [3.63, 3.8) is 0 Å². The molecule has 0 atom stereocenters. The molecule has 2 aromatic carbocycles. The number of primary amides is 1. The van der Waals surface area contributed by atoms with Gasteiger partial charge < -0.3 is 11.1 Å². The standard InChI is InChI=1S/C24H31N3O2/c1-2-18-6-8-19(9-7-18)10-11-23(28)26-22-5-3-4-20(16-22)17-27-14-12-21(13-15-27)24(25)29/h3-9,16,21H,2,10-15,17H2,1H3,(H2,25,29)(H,26,28). The molecule has 1 heterocycles. The molecule has 1 aliphatic rings. The highest BCUT2D eigenvalue weighted by molar-refractivity contribution is 5.90. The summed E-state index contributed by atoms with van der Waals surface area (Å²) in [6, 6.07) is 16.5.